The Hall–Kier alpha value is -1.01. The molecule has 0 fully saturated rings. The number of rotatable bonds is 9. The molecule has 0 bridgehead atoms. The number of benzene rings is 1. The Labute approximate surface area is 125 Å². The normalized spacial score (nSPS) is 13.3. The van der Waals surface area contributed by atoms with Crippen molar-refractivity contribution in [1.29, 1.82) is 0 Å². The van der Waals surface area contributed by atoms with Crippen molar-refractivity contribution in [2.45, 2.75) is 50.5 Å². The van der Waals surface area contributed by atoms with Crippen LogP contribution in [0.2, 0.25) is 0 Å². The highest BCUT2D eigenvalue weighted by molar-refractivity contribution is 7.91. The van der Waals surface area contributed by atoms with Gasteiger partial charge < -0.3 is 5.32 Å². The molecule has 0 radical (unpaired) electrons. The van der Waals surface area contributed by atoms with E-state index in [4.69, 9.17) is 0 Å². The Morgan fingerprint density at radius 1 is 1.24 bits per heavy atom. The Morgan fingerprint density at radius 3 is 2.62 bits per heavy atom. The molecule has 0 amide bonds. The average Bonchev–Trinajstić information content (AvgIpc) is 2.44. The van der Waals surface area contributed by atoms with Crippen molar-refractivity contribution in [2.24, 2.45) is 0 Å². The summed E-state index contributed by atoms with van der Waals surface area (Å²) < 4.78 is 50.5. The van der Waals surface area contributed by atoms with E-state index < -0.39 is 26.4 Å². The van der Waals surface area contributed by atoms with Crippen LogP contribution in [0.4, 0.5) is 8.78 Å². The van der Waals surface area contributed by atoms with Crippen LogP contribution < -0.4 is 5.32 Å². The summed E-state index contributed by atoms with van der Waals surface area (Å²) >= 11 is 0. The van der Waals surface area contributed by atoms with Gasteiger partial charge in [-0.1, -0.05) is 13.3 Å². The summed E-state index contributed by atoms with van der Waals surface area (Å²) in [7, 11) is -3.76. The Balaban J connectivity index is 2.49. The van der Waals surface area contributed by atoms with Gasteiger partial charge in [-0.15, -0.1) is 0 Å². The zero-order valence-electron chi connectivity index (χ0n) is 12.5. The lowest BCUT2D eigenvalue weighted by atomic mass is 10.1. The van der Waals surface area contributed by atoms with Crippen LogP contribution in [0.3, 0.4) is 0 Å². The molecule has 1 atom stereocenters. The number of sulfone groups is 1. The van der Waals surface area contributed by atoms with Crippen molar-refractivity contribution in [3.8, 4) is 0 Å². The summed E-state index contributed by atoms with van der Waals surface area (Å²) in [5, 5.41) is 3.32. The van der Waals surface area contributed by atoms with Gasteiger partial charge in [-0.3, -0.25) is 0 Å². The zero-order chi connectivity index (χ0) is 15.9. The van der Waals surface area contributed by atoms with Crippen LogP contribution in [-0.2, 0) is 9.84 Å². The molecule has 6 heteroatoms. The van der Waals surface area contributed by atoms with Crippen LogP contribution in [-0.4, -0.2) is 26.8 Å². The Kier molecular flexibility index (Phi) is 7.25. The third-order valence-electron chi connectivity index (χ3n) is 3.27. The number of unbranched alkanes of at least 4 members (excludes halogenated alkanes) is 1. The van der Waals surface area contributed by atoms with Crippen molar-refractivity contribution in [3.63, 3.8) is 0 Å². The van der Waals surface area contributed by atoms with Crippen LogP contribution in [0.1, 0.15) is 39.5 Å². The molecule has 1 unspecified atom stereocenters. The van der Waals surface area contributed by atoms with Gasteiger partial charge in [0.2, 0.25) is 0 Å². The van der Waals surface area contributed by atoms with Crippen molar-refractivity contribution in [1.82, 2.24) is 5.32 Å². The average molecular weight is 319 g/mol. The summed E-state index contributed by atoms with van der Waals surface area (Å²) in [4.78, 5) is -0.542. The van der Waals surface area contributed by atoms with Gasteiger partial charge in [0, 0.05) is 6.04 Å². The maximum atomic E-state index is 13.5. The smallest absolute Gasteiger partial charge is 0.181 e. The van der Waals surface area contributed by atoms with E-state index in [0.29, 0.717) is 12.5 Å². The molecule has 120 valence electrons. The Bertz CT molecular complexity index is 547. The molecule has 0 saturated carbocycles. The molecule has 21 heavy (non-hydrogen) atoms. The summed E-state index contributed by atoms with van der Waals surface area (Å²) in [6, 6.07) is 2.84. The standard InChI is InChI=1S/C15H23F2NO2S/c1-3-9-18-12(2)6-4-5-10-21(19,20)15-11-13(16)7-8-14(15)17/h7-8,11-12,18H,3-6,9-10H2,1-2H3. The third-order valence-corrected chi connectivity index (χ3v) is 5.08. The highest BCUT2D eigenvalue weighted by atomic mass is 32.2. The van der Waals surface area contributed by atoms with Gasteiger partial charge in [0.1, 0.15) is 16.5 Å². The molecule has 1 N–H and O–H groups in total. The number of hydrogen-bond acceptors (Lipinski definition) is 3. The Morgan fingerprint density at radius 2 is 1.95 bits per heavy atom. The number of hydrogen-bond donors (Lipinski definition) is 1. The van der Waals surface area contributed by atoms with Gasteiger partial charge in [-0.2, -0.15) is 0 Å². The largest absolute Gasteiger partial charge is 0.314 e. The van der Waals surface area contributed by atoms with Gasteiger partial charge in [0.25, 0.3) is 0 Å². The predicted molar refractivity (Wildman–Crippen MR) is 80.0 cm³/mol. The third kappa shape index (κ3) is 6.09. The highest BCUT2D eigenvalue weighted by Gasteiger charge is 2.19. The lowest BCUT2D eigenvalue weighted by Gasteiger charge is -2.12. The number of nitrogens with one attached hydrogen (secondary N) is 1. The van der Waals surface area contributed by atoms with Crippen molar-refractivity contribution >= 4 is 9.84 Å². The van der Waals surface area contributed by atoms with Crippen molar-refractivity contribution in [2.75, 3.05) is 12.3 Å². The molecule has 0 aliphatic carbocycles. The van der Waals surface area contributed by atoms with E-state index in [9.17, 15) is 17.2 Å². The minimum Gasteiger partial charge on any atom is -0.314 e. The second-order valence-corrected chi connectivity index (χ2v) is 7.32. The molecule has 1 rings (SSSR count). The predicted octanol–water partition coefficient (Wildman–Crippen LogP) is 3.30. The first-order chi connectivity index (χ1) is 9.86. The molecule has 0 heterocycles. The lowest BCUT2D eigenvalue weighted by Crippen LogP contribution is -2.26. The molecule has 0 spiro atoms. The fourth-order valence-electron chi connectivity index (χ4n) is 2.06. The fourth-order valence-corrected chi connectivity index (χ4v) is 3.52. The summed E-state index contributed by atoms with van der Waals surface area (Å²) in [5.41, 5.74) is 0. The van der Waals surface area contributed by atoms with E-state index in [-0.39, 0.29) is 5.75 Å². The molecular weight excluding hydrogens is 296 g/mol. The van der Waals surface area contributed by atoms with Gasteiger partial charge in [-0.05, 0) is 50.9 Å². The summed E-state index contributed by atoms with van der Waals surface area (Å²) in [5.74, 6) is -1.80. The van der Waals surface area contributed by atoms with E-state index in [2.05, 4.69) is 19.2 Å². The maximum Gasteiger partial charge on any atom is 0.181 e. The second-order valence-electron chi connectivity index (χ2n) is 5.24. The van der Waals surface area contributed by atoms with E-state index in [1.165, 1.54) is 0 Å². The van der Waals surface area contributed by atoms with Crippen LogP contribution in [0, 0.1) is 11.6 Å². The second kappa shape index (κ2) is 8.44. The van der Waals surface area contributed by atoms with E-state index >= 15 is 0 Å². The van der Waals surface area contributed by atoms with Gasteiger partial charge >= 0.3 is 0 Å². The van der Waals surface area contributed by atoms with Crippen LogP contribution >= 0.6 is 0 Å². The maximum absolute atomic E-state index is 13.5. The van der Waals surface area contributed by atoms with E-state index in [1.807, 2.05) is 0 Å². The summed E-state index contributed by atoms with van der Waals surface area (Å²) in [6.07, 6.45) is 3.09. The first kappa shape index (κ1) is 18.0. The quantitative estimate of drug-likeness (QED) is 0.710. The fraction of sp³-hybridized carbons (Fsp3) is 0.600. The first-order valence-corrected chi connectivity index (χ1v) is 8.93. The van der Waals surface area contributed by atoms with Crippen molar-refractivity contribution in [3.05, 3.63) is 29.8 Å². The van der Waals surface area contributed by atoms with Gasteiger partial charge in [0.15, 0.2) is 9.84 Å². The molecular formula is C15H23F2NO2S. The van der Waals surface area contributed by atoms with Gasteiger partial charge in [-0.25, -0.2) is 17.2 Å². The molecule has 3 nitrogen and oxygen atoms in total. The van der Waals surface area contributed by atoms with E-state index in [1.54, 1.807) is 0 Å². The minimum atomic E-state index is -3.76. The topological polar surface area (TPSA) is 46.2 Å². The summed E-state index contributed by atoms with van der Waals surface area (Å²) in [6.45, 7) is 5.07. The van der Waals surface area contributed by atoms with Crippen LogP contribution in [0.15, 0.2) is 23.1 Å². The van der Waals surface area contributed by atoms with Crippen LogP contribution in [0.5, 0.6) is 0 Å². The van der Waals surface area contributed by atoms with E-state index in [0.717, 1.165) is 44.0 Å². The molecule has 0 saturated heterocycles. The first-order valence-electron chi connectivity index (χ1n) is 7.28. The SMILES string of the molecule is CCCNC(C)CCCCS(=O)(=O)c1cc(F)ccc1F. The van der Waals surface area contributed by atoms with Crippen molar-refractivity contribution < 1.29 is 17.2 Å². The highest BCUT2D eigenvalue weighted by Crippen LogP contribution is 2.18. The molecule has 0 aliphatic heterocycles. The lowest BCUT2D eigenvalue weighted by molar-refractivity contribution is 0.493. The monoisotopic (exact) mass is 319 g/mol. The number of halogens is 2. The van der Waals surface area contributed by atoms with Gasteiger partial charge in [0.05, 0.1) is 5.75 Å². The molecule has 1 aromatic carbocycles. The molecule has 0 aromatic heterocycles. The van der Waals surface area contributed by atoms with Crippen LogP contribution in [0.25, 0.3) is 0 Å². The zero-order valence-corrected chi connectivity index (χ0v) is 13.3. The minimum absolute atomic E-state index is 0.159. The molecule has 0 aliphatic rings. The molecule has 1 aromatic rings.